The molecule has 6 rings (SSSR count). The number of carbonyl (C=O) groups excluding carboxylic acids is 1. The van der Waals surface area contributed by atoms with E-state index in [-0.39, 0.29) is 11.6 Å². The predicted octanol–water partition coefficient (Wildman–Crippen LogP) is 2.74. The molecule has 3 aromatic heterocycles. The Kier molecular flexibility index (Phi) is 5.96. The van der Waals surface area contributed by atoms with E-state index in [9.17, 15) is 4.79 Å². The number of halogens is 1. The molecule has 0 spiro atoms. The number of benzene rings is 1. The molecule has 182 valence electrons. The van der Waals surface area contributed by atoms with Crippen molar-refractivity contribution in [2.75, 3.05) is 31.1 Å². The molecule has 1 amide bonds. The quantitative estimate of drug-likeness (QED) is 0.449. The van der Waals surface area contributed by atoms with Crippen LogP contribution in [-0.2, 0) is 0 Å². The maximum Gasteiger partial charge on any atom is 0.262 e. The van der Waals surface area contributed by atoms with E-state index in [1.54, 1.807) is 35.5 Å². The predicted molar refractivity (Wildman–Crippen MR) is 134 cm³/mol. The summed E-state index contributed by atoms with van der Waals surface area (Å²) in [7, 11) is 0. The van der Waals surface area contributed by atoms with Crippen LogP contribution in [0.1, 0.15) is 28.8 Å². The summed E-state index contributed by atoms with van der Waals surface area (Å²) in [5.74, 6) is -0.494. The molecule has 0 saturated carbocycles. The highest BCUT2D eigenvalue weighted by Crippen LogP contribution is 2.31. The molecule has 4 aromatic rings. The Morgan fingerprint density at radius 2 is 2.00 bits per heavy atom. The number of pyridine rings is 2. The number of nitrogens with one attached hydrogen (secondary N) is 2. The Labute approximate surface area is 207 Å². The molecular weight excluding hydrogens is 459 g/mol. The highest BCUT2D eigenvalue weighted by Gasteiger charge is 2.32. The summed E-state index contributed by atoms with van der Waals surface area (Å²) in [5, 5.41) is 14.9. The number of rotatable bonds is 5. The zero-order chi connectivity index (χ0) is 24.5. The van der Waals surface area contributed by atoms with Gasteiger partial charge in [-0.2, -0.15) is 4.68 Å². The zero-order valence-electron chi connectivity index (χ0n) is 19.6. The topological polar surface area (TPSA) is 101 Å². The van der Waals surface area contributed by atoms with Gasteiger partial charge < -0.3 is 10.6 Å². The minimum Gasteiger partial charge on any atom is -0.315 e. The number of fused-ring (bicyclic) bond motifs is 1. The van der Waals surface area contributed by atoms with Crippen LogP contribution in [0.25, 0.3) is 22.4 Å². The Balaban J connectivity index is 1.40. The molecule has 9 nitrogen and oxygen atoms in total. The number of nitrogens with zero attached hydrogens (tertiary/aromatic N) is 6. The molecule has 0 aliphatic carbocycles. The maximum atomic E-state index is 15.6. The molecule has 2 N–H and O–H groups in total. The van der Waals surface area contributed by atoms with Crippen LogP contribution in [-0.4, -0.2) is 63.1 Å². The van der Waals surface area contributed by atoms with Crippen LogP contribution in [0, 0.1) is 5.82 Å². The van der Waals surface area contributed by atoms with Gasteiger partial charge in [0, 0.05) is 43.7 Å². The van der Waals surface area contributed by atoms with Crippen LogP contribution in [0.15, 0.2) is 60.9 Å². The highest BCUT2D eigenvalue weighted by molar-refractivity contribution is 6.07. The summed E-state index contributed by atoms with van der Waals surface area (Å²) in [5.41, 5.74) is 3.52. The Hall–Kier alpha value is -4.02. The van der Waals surface area contributed by atoms with Crippen molar-refractivity contribution >= 4 is 28.5 Å². The van der Waals surface area contributed by atoms with E-state index in [1.807, 2.05) is 12.1 Å². The largest absolute Gasteiger partial charge is 0.315 e. The molecule has 36 heavy (non-hydrogen) atoms. The molecular formula is C26H25FN8O. The SMILES string of the molecule is O=C(c1ccc(-n2nnc3cccnc32)cc1F)N(c1ncccc1C1=CCNC1)[C@@H]1CCCNC1. The third-order valence-electron chi connectivity index (χ3n) is 6.66. The molecule has 0 unspecified atom stereocenters. The van der Waals surface area contributed by atoms with Crippen LogP contribution in [0.3, 0.4) is 0 Å². The summed E-state index contributed by atoms with van der Waals surface area (Å²) in [4.78, 5) is 24.6. The van der Waals surface area contributed by atoms with Crippen LogP contribution < -0.4 is 15.5 Å². The Bertz CT molecular complexity index is 1460. The summed E-state index contributed by atoms with van der Waals surface area (Å²) >= 11 is 0. The average Bonchev–Trinajstić information content (AvgIpc) is 3.60. The van der Waals surface area contributed by atoms with Crippen LogP contribution in [0.4, 0.5) is 10.2 Å². The van der Waals surface area contributed by atoms with E-state index in [2.05, 4.69) is 37.0 Å². The number of amides is 1. The number of piperidine rings is 1. The molecule has 0 bridgehead atoms. The Morgan fingerprint density at radius 1 is 1.11 bits per heavy atom. The van der Waals surface area contributed by atoms with Gasteiger partial charge in [0.05, 0.1) is 17.3 Å². The summed E-state index contributed by atoms with van der Waals surface area (Å²) < 4.78 is 17.0. The molecule has 1 aromatic carbocycles. The first-order valence-electron chi connectivity index (χ1n) is 12.1. The molecule has 10 heteroatoms. The monoisotopic (exact) mass is 484 g/mol. The van der Waals surface area contributed by atoms with E-state index in [0.717, 1.165) is 37.1 Å². The van der Waals surface area contributed by atoms with Gasteiger partial charge in [-0.15, -0.1) is 5.10 Å². The van der Waals surface area contributed by atoms with Gasteiger partial charge in [-0.25, -0.2) is 14.4 Å². The van der Waals surface area contributed by atoms with Crippen LogP contribution in [0.5, 0.6) is 0 Å². The van der Waals surface area contributed by atoms with Gasteiger partial charge in [0.25, 0.3) is 5.91 Å². The molecule has 1 fully saturated rings. The van der Waals surface area contributed by atoms with Crippen molar-refractivity contribution in [2.24, 2.45) is 0 Å². The first-order valence-corrected chi connectivity index (χ1v) is 12.1. The third kappa shape index (κ3) is 4.04. The highest BCUT2D eigenvalue weighted by atomic mass is 19.1. The first-order chi connectivity index (χ1) is 17.7. The number of aromatic nitrogens is 5. The molecule has 0 radical (unpaired) electrons. The van der Waals surface area contributed by atoms with Gasteiger partial charge in [-0.1, -0.05) is 11.3 Å². The van der Waals surface area contributed by atoms with Gasteiger partial charge in [-0.3, -0.25) is 9.69 Å². The normalized spacial score (nSPS) is 17.8. The van der Waals surface area contributed by atoms with E-state index in [0.29, 0.717) is 35.8 Å². The molecule has 1 atom stereocenters. The van der Waals surface area contributed by atoms with E-state index in [4.69, 9.17) is 0 Å². The van der Waals surface area contributed by atoms with Crippen LogP contribution >= 0.6 is 0 Å². The Morgan fingerprint density at radius 3 is 2.81 bits per heavy atom. The van der Waals surface area contributed by atoms with Crippen molar-refractivity contribution in [3.8, 4) is 5.69 Å². The maximum absolute atomic E-state index is 15.6. The first kappa shape index (κ1) is 22.4. The minimum atomic E-state index is -0.634. The van der Waals surface area contributed by atoms with Crippen molar-refractivity contribution < 1.29 is 9.18 Å². The lowest BCUT2D eigenvalue weighted by molar-refractivity contribution is 0.0967. The lowest BCUT2D eigenvalue weighted by Crippen LogP contribution is -2.50. The second-order valence-electron chi connectivity index (χ2n) is 8.92. The number of hydrogen-bond donors (Lipinski definition) is 2. The van der Waals surface area contributed by atoms with Gasteiger partial charge >= 0.3 is 0 Å². The summed E-state index contributed by atoms with van der Waals surface area (Å²) in [6.45, 7) is 2.98. The van der Waals surface area contributed by atoms with E-state index < -0.39 is 11.7 Å². The van der Waals surface area contributed by atoms with Gasteiger partial charge in [-0.05, 0) is 61.4 Å². The lowest BCUT2D eigenvalue weighted by Gasteiger charge is -2.35. The molecule has 1 saturated heterocycles. The fourth-order valence-electron chi connectivity index (χ4n) is 4.89. The number of hydrogen-bond acceptors (Lipinski definition) is 7. The van der Waals surface area contributed by atoms with E-state index in [1.165, 1.54) is 16.8 Å². The minimum absolute atomic E-state index is 0.0168. The van der Waals surface area contributed by atoms with Crippen molar-refractivity contribution in [2.45, 2.75) is 18.9 Å². The van der Waals surface area contributed by atoms with Crippen molar-refractivity contribution in [1.29, 1.82) is 0 Å². The smallest absolute Gasteiger partial charge is 0.262 e. The van der Waals surface area contributed by atoms with Crippen molar-refractivity contribution in [3.05, 3.63) is 77.9 Å². The lowest BCUT2D eigenvalue weighted by atomic mass is 10.0. The zero-order valence-corrected chi connectivity index (χ0v) is 19.6. The summed E-state index contributed by atoms with van der Waals surface area (Å²) in [6, 6.07) is 11.7. The second-order valence-corrected chi connectivity index (χ2v) is 8.92. The standard InChI is InChI=1S/C26H25FN8O/c27-22-14-18(35-25-23(32-33-35)6-3-12-31-25)7-8-21(22)26(36)34(19-4-1-10-28-16-19)24-20(5-2-11-30-24)17-9-13-29-15-17/h2-3,5-9,11-12,14,19,28-29H,1,4,10,13,15-16H2/t19-/m1/s1. The van der Waals surface area contributed by atoms with Gasteiger partial charge in [0.2, 0.25) is 0 Å². The fourth-order valence-corrected chi connectivity index (χ4v) is 4.89. The van der Waals surface area contributed by atoms with Crippen molar-refractivity contribution in [3.63, 3.8) is 0 Å². The van der Waals surface area contributed by atoms with Crippen molar-refractivity contribution in [1.82, 2.24) is 35.6 Å². The fraction of sp³-hybridized carbons (Fsp3) is 0.269. The van der Waals surface area contributed by atoms with E-state index >= 15 is 4.39 Å². The molecule has 5 heterocycles. The van der Waals surface area contributed by atoms with Gasteiger partial charge in [0.15, 0.2) is 5.65 Å². The third-order valence-corrected chi connectivity index (χ3v) is 6.66. The van der Waals surface area contributed by atoms with Crippen LogP contribution in [0.2, 0.25) is 0 Å². The average molecular weight is 485 g/mol. The number of carbonyl (C=O) groups is 1. The second kappa shape index (κ2) is 9.56. The molecule has 2 aliphatic rings. The summed E-state index contributed by atoms with van der Waals surface area (Å²) in [6.07, 6.45) is 7.15. The van der Waals surface area contributed by atoms with Gasteiger partial charge in [0.1, 0.15) is 17.2 Å². The molecule has 2 aliphatic heterocycles. The number of anilines is 1.